The number of rotatable bonds is 7. The number of aromatic nitrogens is 3. The van der Waals surface area contributed by atoms with Crippen LogP contribution < -0.4 is 0 Å². The van der Waals surface area contributed by atoms with Gasteiger partial charge in [-0.05, 0) is 57.5 Å². The van der Waals surface area contributed by atoms with Crippen molar-refractivity contribution in [1.82, 2.24) is 24.6 Å². The molecule has 3 aromatic rings. The molecule has 1 N–H and O–H groups in total. The van der Waals surface area contributed by atoms with Crippen molar-refractivity contribution in [2.45, 2.75) is 44.7 Å². The summed E-state index contributed by atoms with van der Waals surface area (Å²) >= 11 is 0. The highest BCUT2D eigenvalue weighted by atomic mass is 16.2. The van der Waals surface area contributed by atoms with Crippen LogP contribution in [0, 0.1) is 0 Å². The molecule has 1 aromatic carbocycles. The second-order valence-electron chi connectivity index (χ2n) is 8.38. The average Bonchev–Trinajstić information content (AvgIpc) is 3.41. The molecule has 6 nitrogen and oxygen atoms in total. The highest BCUT2D eigenvalue weighted by molar-refractivity contribution is 5.83. The Bertz CT molecular complexity index is 986. The Morgan fingerprint density at radius 3 is 2.97 bits per heavy atom. The summed E-state index contributed by atoms with van der Waals surface area (Å²) in [5, 5.41) is 5.99. The predicted octanol–water partition coefficient (Wildman–Crippen LogP) is 3.65. The van der Waals surface area contributed by atoms with E-state index < -0.39 is 0 Å². The number of amides is 1. The number of para-hydroxylation sites is 1. The van der Waals surface area contributed by atoms with Crippen LogP contribution in [-0.4, -0.2) is 51.1 Å². The van der Waals surface area contributed by atoms with Gasteiger partial charge in [0.05, 0.1) is 17.4 Å². The van der Waals surface area contributed by atoms with Gasteiger partial charge in [0.15, 0.2) is 0 Å². The van der Waals surface area contributed by atoms with E-state index >= 15 is 0 Å². The number of nitrogens with zero attached hydrogens (tertiary/aromatic N) is 4. The van der Waals surface area contributed by atoms with Crippen molar-refractivity contribution in [2.75, 3.05) is 20.6 Å². The molecule has 0 bridgehead atoms. The first-order valence-corrected chi connectivity index (χ1v) is 10.5. The maximum atomic E-state index is 13.0. The van der Waals surface area contributed by atoms with Gasteiger partial charge in [0.25, 0.3) is 0 Å². The highest BCUT2D eigenvalue weighted by Crippen LogP contribution is 2.32. The Morgan fingerprint density at radius 1 is 1.31 bits per heavy atom. The zero-order valence-electron chi connectivity index (χ0n) is 17.7. The van der Waals surface area contributed by atoms with E-state index in [1.165, 1.54) is 16.6 Å². The molecule has 3 heterocycles. The minimum Gasteiger partial charge on any atom is -0.361 e. The minimum atomic E-state index is 0.123. The van der Waals surface area contributed by atoms with Crippen LogP contribution in [-0.2, 0) is 24.8 Å². The SMILES string of the molecule is CN(C)Cc1cc([C@H]2CCCN2C(=O)CCCc2c[nH]c3ccccc23)nn1C. The van der Waals surface area contributed by atoms with Crippen molar-refractivity contribution in [1.29, 1.82) is 0 Å². The zero-order valence-corrected chi connectivity index (χ0v) is 17.7. The highest BCUT2D eigenvalue weighted by Gasteiger charge is 2.31. The van der Waals surface area contributed by atoms with Crippen molar-refractivity contribution >= 4 is 16.8 Å². The molecule has 29 heavy (non-hydrogen) atoms. The van der Waals surface area contributed by atoms with Crippen LogP contribution in [0.1, 0.15) is 48.7 Å². The molecule has 154 valence electrons. The molecule has 1 fully saturated rings. The molecular formula is C23H31N5O. The fourth-order valence-electron chi connectivity index (χ4n) is 4.45. The Balaban J connectivity index is 1.38. The predicted molar refractivity (Wildman–Crippen MR) is 116 cm³/mol. The molecule has 0 radical (unpaired) electrons. The van der Waals surface area contributed by atoms with E-state index in [4.69, 9.17) is 5.10 Å². The van der Waals surface area contributed by atoms with Crippen LogP contribution in [0.3, 0.4) is 0 Å². The van der Waals surface area contributed by atoms with Gasteiger partial charge >= 0.3 is 0 Å². The second kappa shape index (κ2) is 8.41. The zero-order chi connectivity index (χ0) is 20.4. The van der Waals surface area contributed by atoms with Crippen LogP contribution in [0.25, 0.3) is 10.9 Å². The van der Waals surface area contributed by atoms with E-state index in [1.54, 1.807) is 0 Å². The van der Waals surface area contributed by atoms with E-state index in [1.807, 2.05) is 17.8 Å². The molecule has 1 aliphatic rings. The van der Waals surface area contributed by atoms with Gasteiger partial charge in [-0.15, -0.1) is 0 Å². The lowest BCUT2D eigenvalue weighted by Gasteiger charge is -2.23. The number of aryl methyl sites for hydroxylation is 2. The Morgan fingerprint density at radius 2 is 2.14 bits per heavy atom. The number of H-pyrrole nitrogens is 1. The molecule has 0 spiro atoms. The standard InChI is InChI=1S/C23H31N5O/c1-26(2)16-18-14-21(25-27(18)3)22-11-7-13-28(22)23(29)12-6-8-17-15-24-20-10-5-4-9-19(17)20/h4-5,9-10,14-15,22,24H,6-8,11-13,16H2,1-3H3/t22-/m1/s1. The fraction of sp³-hybridized carbons (Fsp3) is 0.478. The van der Waals surface area contributed by atoms with E-state index in [0.717, 1.165) is 50.0 Å². The minimum absolute atomic E-state index is 0.123. The van der Waals surface area contributed by atoms with Crippen LogP contribution in [0.4, 0.5) is 0 Å². The largest absolute Gasteiger partial charge is 0.361 e. The number of hydrogen-bond acceptors (Lipinski definition) is 3. The number of hydrogen-bond donors (Lipinski definition) is 1. The number of carbonyl (C=O) groups excluding carboxylic acids is 1. The Hall–Kier alpha value is -2.60. The summed E-state index contributed by atoms with van der Waals surface area (Å²) in [5.41, 5.74) is 4.68. The van der Waals surface area contributed by atoms with Crippen LogP contribution in [0.5, 0.6) is 0 Å². The summed E-state index contributed by atoms with van der Waals surface area (Å²) < 4.78 is 1.95. The topological polar surface area (TPSA) is 57.2 Å². The number of carbonyl (C=O) groups is 1. The number of fused-ring (bicyclic) bond motifs is 1. The van der Waals surface area contributed by atoms with Crippen LogP contribution in [0.2, 0.25) is 0 Å². The maximum absolute atomic E-state index is 13.0. The van der Waals surface area contributed by atoms with Crippen molar-refractivity contribution in [3.8, 4) is 0 Å². The monoisotopic (exact) mass is 393 g/mol. The molecular weight excluding hydrogens is 362 g/mol. The van der Waals surface area contributed by atoms with Crippen LogP contribution >= 0.6 is 0 Å². The first-order chi connectivity index (χ1) is 14.0. The van der Waals surface area contributed by atoms with Crippen molar-refractivity contribution < 1.29 is 4.79 Å². The molecule has 1 atom stereocenters. The summed E-state index contributed by atoms with van der Waals surface area (Å²) in [6, 6.07) is 10.6. The lowest BCUT2D eigenvalue weighted by Crippen LogP contribution is -2.30. The number of benzene rings is 1. The van der Waals surface area contributed by atoms with Gasteiger partial charge in [-0.1, -0.05) is 18.2 Å². The first-order valence-electron chi connectivity index (χ1n) is 10.5. The Kier molecular flexibility index (Phi) is 5.72. The van der Waals surface area contributed by atoms with Crippen LogP contribution in [0.15, 0.2) is 36.5 Å². The third kappa shape index (κ3) is 4.22. The summed E-state index contributed by atoms with van der Waals surface area (Å²) in [6.45, 7) is 1.70. The van der Waals surface area contributed by atoms with Crippen molar-refractivity contribution in [2.24, 2.45) is 7.05 Å². The van der Waals surface area contributed by atoms with Gasteiger partial charge in [-0.2, -0.15) is 5.10 Å². The van der Waals surface area contributed by atoms with Gasteiger partial charge in [0.2, 0.25) is 5.91 Å². The lowest BCUT2D eigenvalue weighted by atomic mass is 10.1. The third-order valence-corrected chi connectivity index (χ3v) is 5.90. The Labute approximate surface area is 172 Å². The molecule has 0 saturated carbocycles. The molecule has 6 heteroatoms. The number of nitrogens with one attached hydrogen (secondary N) is 1. The second-order valence-corrected chi connectivity index (χ2v) is 8.38. The molecule has 1 amide bonds. The normalized spacial score (nSPS) is 17.0. The smallest absolute Gasteiger partial charge is 0.223 e. The van der Waals surface area contributed by atoms with Crippen molar-refractivity contribution in [3.63, 3.8) is 0 Å². The van der Waals surface area contributed by atoms with Gasteiger partial charge in [0.1, 0.15) is 0 Å². The fourth-order valence-corrected chi connectivity index (χ4v) is 4.45. The average molecular weight is 394 g/mol. The van der Waals surface area contributed by atoms with E-state index in [9.17, 15) is 4.79 Å². The summed E-state index contributed by atoms with van der Waals surface area (Å²) in [4.78, 5) is 20.5. The van der Waals surface area contributed by atoms with Gasteiger partial charge in [-0.3, -0.25) is 9.48 Å². The van der Waals surface area contributed by atoms with E-state index in [0.29, 0.717) is 6.42 Å². The van der Waals surface area contributed by atoms with Gasteiger partial charge in [0, 0.05) is 43.7 Å². The first kappa shape index (κ1) is 19.7. The van der Waals surface area contributed by atoms with Gasteiger partial charge in [-0.25, -0.2) is 0 Å². The van der Waals surface area contributed by atoms with Crippen molar-refractivity contribution in [3.05, 3.63) is 53.5 Å². The summed E-state index contributed by atoms with van der Waals surface area (Å²) in [6.07, 6.45) is 6.52. The number of aromatic amines is 1. The summed E-state index contributed by atoms with van der Waals surface area (Å²) in [7, 11) is 6.11. The molecule has 1 saturated heterocycles. The molecule has 4 rings (SSSR count). The lowest BCUT2D eigenvalue weighted by molar-refractivity contribution is -0.132. The molecule has 2 aromatic heterocycles. The third-order valence-electron chi connectivity index (χ3n) is 5.90. The number of likely N-dealkylation sites (tertiary alicyclic amines) is 1. The maximum Gasteiger partial charge on any atom is 0.223 e. The van der Waals surface area contributed by atoms with Gasteiger partial charge < -0.3 is 14.8 Å². The molecule has 1 aliphatic heterocycles. The molecule has 0 aliphatic carbocycles. The summed E-state index contributed by atoms with van der Waals surface area (Å²) in [5.74, 6) is 0.257. The van der Waals surface area contributed by atoms with E-state index in [2.05, 4.69) is 59.3 Å². The quantitative estimate of drug-likeness (QED) is 0.667. The van der Waals surface area contributed by atoms with E-state index in [-0.39, 0.29) is 11.9 Å². The molecule has 0 unspecified atom stereocenters.